The SMILES string of the molecule is COC(=O)c1ccccc1NC(=O)c1ccc(NC2CC2)cn1. The lowest BCUT2D eigenvalue weighted by atomic mass is 10.1. The Morgan fingerprint density at radius 2 is 1.96 bits per heavy atom. The third-order valence-electron chi connectivity index (χ3n) is 3.52. The first kappa shape index (κ1) is 15.0. The molecular formula is C17H17N3O3. The highest BCUT2D eigenvalue weighted by molar-refractivity contribution is 6.07. The van der Waals surface area contributed by atoms with Crippen LogP contribution in [0.3, 0.4) is 0 Å². The number of nitrogens with zero attached hydrogens (tertiary/aromatic N) is 1. The van der Waals surface area contributed by atoms with Crippen molar-refractivity contribution < 1.29 is 14.3 Å². The van der Waals surface area contributed by atoms with Crippen molar-refractivity contribution in [3.8, 4) is 0 Å². The minimum absolute atomic E-state index is 0.283. The molecule has 0 saturated heterocycles. The Morgan fingerprint density at radius 1 is 1.17 bits per heavy atom. The van der Waals surface area contributed by atoms with Crippen LogP contribution in [0.4, 0.5) is 11.4 Å². The van der Waals surface area contributed by atoms with E-state index >= 15 is 0 Å². The van der Waals surface area contributed by atoms with Crippen LogP contribution in [0.15, 0.2) is 42.6 Å². The number of aromatic nitrogens is 1. The van der Waals surface area contributed by atoms with E-state index in [0.717, 1.165) is 5.69 Å². The normalized spacial score (nSPS) is 13.3. The van der Waals surface area contributed by atoms with Crippen molar-refractivity contribution in [2.75, 3.05) is 17.7 Å². The first-order valence-electron chi connectivity index (χ1n) is 7.38. The number of para-hydroxylation sites is 1. The maximum atomic E-state index is 12.3. The van der Waals surface area contributed by atoms with Crippen molar-refractivity contribution in [3.05, 3.63) is 53.9 Å². The van der Waals surface area contributed by atoms with Crippen LogP contribution < -0.4 is 10.6 Å². The summed E-state index contributed by atoms with van der Waals surface area (Å²) < 4.78 is 4.71. The lowest BCUT2D eigenvalue weighted by molar-refractivity contribution is 0.0602. The number of hydrogen-bond donors (Lipinski definition) is 2. The van der Waals surface area contributed by atoms with Gasteiger partial charge in [-0.2, -0.15) is 0 Å². The first-order valence-corrected chi connectivity index (χ1v) is 7.38. The van der Waals surface area contributed by atoms with Crippen molar-refractivity contribution in [2.24, 2.45) is 0 Å². The van der Waals surface area contributed by atoms with Crippen molar-refractivity contribution in [1.82, 2.24) is 4.98 Å². The predicted molar refractivity (Wildman–Crippen MR) is 86.6 cm³/mol. The van der Waals surface area contributed by atoms with Gasteiger partial charge in [0.2, 0.25) is 0 Å². The lowest BCUT2D eigenvalue weighted by Gasteiger charge is -2.09. The van der Waals surface area contributed by atoms with Gasteiger partial charge in [0.05, 0.1) is 30.2 Å². The first-order chi connectivity index (χ1) is 11.2. The molecule has 6 nitrogen and oxygen atoms in total. The molecule has 6 heteroatoms. The van der Waals surface area contributed by atoms with Gasteiger partial charge >= 0.3 is 5.97 Å². The molecule has 1 aromatic heterocycles. The summed E-state index contributed by atoms with van der Waals surface area (Å²) in [6.45, 7) is 0. The Labute approximate surface area is 133 Å². The van der Waals surface area contributed by atoms with Crippen LogP contribution in [0.25, 0.3) is 0 Å². The molecule has 1 aliphatic carbocycles. The zero-order valence-corrected chi connectivity index (χ0v) is 12.7. The molecule has 1 amide bonds. The standard InChI is InChI=1S/C17H17N3O3/c1-23-17(22)13-4-2-3-5-14(13)20-16(21)15-9-8-12(10-18-15)19-11-6-7-11/h2-5,8-11,19H,6-7H2,1H3,(H,20,21). The van der Waals surface area contributed by atoms with Gasteiger partial charge in [-0.3, -0.25) is 4.79 Å². The van der Waals surface area contributed by atoms with Crippen LogP contribution in [-0.2, 0) is 4.74 Å². The molecular weight excluding hydrogens is 294 g/mol. The fourth-order valence-corrected chi connectivity index (χ4v) is 2.14. The molecule has 1 heterocycles. The van der Waals surface area contributed by atoms with Crippen LogP contribution in [0.5, 0.6) is 0 Å². The zero-order chi connectivity index (χ0) is 16.2. The molecule has 0 unspecified atom stereocenters. The molecule has 0 atom stereocenters. The van der Waals surface area contributed by atoms with Gasteiger partial charge in [-0.15, -0.1) is 0 Å². The Hall–Kier alpha value is -2.89. The van der Waals surface area contributed by atoms with E-state index in [1.807, 2.05) is 6.07 Å². The van der Waals surface area contributed by atoms with Gasteiger partial charge in [0.15, 0.2) is 0 Å². The number of amides is 1. The summed E-state index contributed by atoms with van der Waals surface area (Å²) in [4.78, 5) is 28.1. The van der Waals surface area contributed by atoms with Gasteiger partial charge in [-0.1, -0.05) is 12.1 Å². The highest BCUT2D eigenvalue weighted by Gasteiger charge is 2.21. The Bertz CT molecular complexity index is 724. The van der Waals surface area contributed by atoms with Crippen LogP contribution in [0, 0.1) is 0 Å². The van der Waals surface area contributed by atoms with E-state index in [0.29, 0.717) is 17.3 Å². The van der Waals surface area contributed by atoms with E-state index in [1.165, 1.54) is 20.0 Å². The number of esters is 1. The third kappa shape index (κ3) is 3.66. The molecule has 0 aliphatic heterocycles. The average molecular weight is 311 g/mol. The number of carbonyl (C=O) groups excluding carboxylic acids is 2. The Balaban J connectivity index is 1.72. The fraction of sp³-hybridized carbons (Fsp3) is 0.235. The topological polar surface area (TPSA) is 80.3 Å². The van der Waals surface area contributed by atoms with Gasteiger partial charge in [0.1, 0.15) is 5.69 Å². The van der Waals surface area contributed by atoms with E-state index in [9.17, 15) is 9.59 Å². The number of pyridine rings is 1. The van der Waals surface area contributed by atoms with Crippen molar-refractivity contribution in [2.45, 2.75) is 18.9 Å². The minimum atomic E-state index is -0.502. The molecule has 3 rings (SSSR count). The third-order valence-corrected chi connectivity index (χ3v) is 3.52. The molecule has 118 valence electrons. The highest BCUT2D eigenvalue weighted by Crippen LogP contribution is 2.24. The summed E-state index contributed by atoms with van der Waals surface area (Å²) in [6.07, 6.45) is 3.98. The van der Waals surface area contributed by atoms with Crippen molar-refractivity contribution in [3.63, 3.8) is 0 Å². The van der Waals surface area contributed by atoms with Gasteiger partial charge in [-0.25, -0.2) is 9.78 Å². The number of carbonyl (C=O) groups is 2. The Kier molecular flexibility index (Phi) is 4.23. The molecule has 0 bridgehead atoms. The molecule has 2 aromatic rings. The highest BCUT2D eigenvalue weighted by atomic mass is 16.5. The molecule has 1 fully saturated rings. The molecule has 0 spiro atoms. The monoisotopic (exact) mass is 311 g/mol. The van der Waals surface area contributed by atoms with E-state index < -0.39 is 5.97 Å². The molecule has 2 N–H and O–H groups in total. The smallest absolute Gasteiger partial charge is 0.339 e. The van der Waals surface area contributed by atoms with Crippen LogP contribution in [0.2, 0.25) is 0 Å². The molecule has 23 heavy (non-hydrogen) atoms. The van der Waals surface area contributed by atoms with Crippen LogP contribution in [0.1, 0.15) is 33.7 Å². The lowest BCUT2D eigenvalue weighted by Crippen LogP contribution is -2.16. The Morgan fingerprint density at radius 3 is 2.61 bits per heavy atom. The van der Waals surface area contributed by atoms with Crippen LogP contribution in [-0.4, -0.2) is 30.0 Å². The molecule has 1 aliphatic rings. The fourth-order valence-electron chi connectivity index (χ4n) is 2.14. The van der Waals surface area contributed by atoms with Crippen LogP contribution >= 0.6 is 0 Å². The van der Waals surface area contributed by atoms with Crippen molar-refractivity contribution >= 4 is 23.3 Å². The van der Waals surface area contributed by atoms with E-state index in [1.54, 1.807) is 36.5 Å². The maximum Gasteiger partial charge on any atom is 0.339 e. The largest absolute Gasteiger partial charge is 0.465 e. The van der Waals surface area contributed by atoms with Crippen molar-refractivity contribution in [1.29, 1.82) is 0 Å². The summed E-state index contributed by atoms with van der Waals surface area (Å²) in [6, 6.07) is 10.7. The second kappa shape index (κ2) is 6.48. The summed E-state index contributed by atoms with van der Waals surface area (Å²) in [5.74, 6) is -0.878. The maximum absolute atomic E-state index is 12.3. The minimum Gasteiger partial charge on any atom is -0.465 e. The van der Waals surface area contributed by atoms with Gasteiger partial charge in [-0.05, 0) is 37.1 Å². The number of methoxy groups -OCH3 is 1. The second-order valence-corrected chi connectivity index (χ2v) is 5.34. The van der Waals surface area contributed by atoms with E-state index in [2.05, 4.69) is 15.6 Å². The average Bonchev–Trinajstić information content (AvgIpc) is 3.39. The number of ether oxygens (including phenoxy) is 1. The number of benzene rings is 1. The second-order valence-electron chi connectivity index (χ2n) is 5.34. The molecule has 1 aromatic carbocycles. The quantitative estimate of drug-likeness (QED) is 0.830. The summed E-state index contributed by atoms with van der Waals surface area (Å²) >= 11 is 0. The molecule has 1 saturated carbocycles. The summed E-state index contributed by atoms with van der Waals surface area (Å²) in [7, 11) is 1.30. The van der Waals surface area contributed by atoms with Gasteiger partial charge in [0.25, 0.3) is 5.91 Å². The predicted octanol–water partition coefficient (Wildman–Crippen LogP) is 2.69. The van der Waals surface area contributed by atoms with Gasteiger partial charge in [0, 0.05) is 6.04 Å². The number of anilines is 2. The van der Waals surface area contributed by atoms with Gasteiger partial charge < -0.3 is 15.4 Å². The number of rotatable bonds is 5. The van der Waals surface area contributed by atoms with E-state index in [-0.39, 0.29) is 11.6 Å². The summed E-state index contributed by atoms with van der Waals surface area (Å²) in [5, 5.41) is 6.00. The number of hydrogen-bond acceptors (Lipinski definition) is 5. The summed E-state index contributed by atoms with van der Waals surface area (Å²) in [5.41, 5.74) is 1.88. The van der Waals surface area contributed by atoms with E-state index in [4.69, 9.17) is 4.74 Å². The number of nitrogens with one attached hydrogen (secondary N) is 2. The zero-order valence-electron chi connectivity index (χ0n) is 12.7. The molecule has 0 radical (unpaired) electrons.